The smallest absolute Gasteiger partial charge is 0.123 e. The molecular weight excluding hydrogens is 304 g/mol. The minimum absolute atomic E-state index is 0.738. The molecule has 0 aliphatic heterocycles. The van der Waals surface area contributed by atoms with Gasteiger partial charge in [-0.05, 0) is 29.7 Å². The van der Waals surface area contributed by atoms with Gasteiger partial charge in [0.2, 0.25) is 0 Å². The number of fused-ring (bicyclic) bond motifs is 1. The molecule has 19 heavy (non-hydrogen) atoms. The van der Waals surface area contributed by atoms with Crippen molar-refractivity contribution in [3.8, 4) is 5.75 Å². The van der Waals surface area contributed by atoms with Gasteiger partial charge in [-0.25, -0.2) is 0 Å². The summed E-state index contributed by atoms with van der Waals surface area (Å²) in [7, 11) is 1.73. The Balaban J connectivity index is 2.10. The highest BCUT2D eigenvalue weighted by atomic mass is 79.9. The predicted octanol–water partition coefficient (Wildman–Crippen LogP) is 4.54. The molecule has 0 unspecified atom stereocenters. The third kappa shape index (κ3) is 3.71. The van der Waals surface area contributed by atoms with Crippen LogP contribution in [0.5, 0.6) is 5.75 Å². The summed E-state index contributed by atoms with van der Waals surface area (Å²) < 4.78 is 10.9. The van der Waals surface area contributed by atoms with Crippen LogP contribution in [0.2, 0.25) is 0 Å². The second-order valence-electron chi connectivity index (χ2n) is 4.45. The summed E-state index contributed by atoms with van der Waals surface area (Å²) in [4.78, 5) is 0. The summed E-state index contributed by atoms with van der Waals surface area (Å²) in [5.41, 5.74) is 1.23. The Morgan fingerprint density at radius 1 is 1.00 bits per heavy atom. The molecule has 2 rings (SSSR count). The topological polar surface area (TPSA) is 18.5 Å². The first kappa shape index (κ1) is 14.4. The maximum Gasteiger partial charge on any atom is 0.123 e. The Kier molecular flexibility index (Phi) is 5.67. The molecule has 3 heteroatoms. The molecule has 0 N–H and O–H groups in total. The van der Waals surface area contributed by atoms with Crippen LogP contribution in [0.15, 0.2) is 36.4 Å². The molecule has 0 amide bonds. The van der Waals surface area contributed by atoms with Crippen molar-refractivity contribution < 1.29 is 9.47 Å². The summed E-state index contributed by atoms with van der Waals surface area (Å²) in [6.07, 6.45) is 2.05. The van der Waals surface area contributed by atoms with Crippen LogP contribution in [0, 0.1) is 0 Å². The lowest BCUT2D eigenvalue weighted by Crippen LogP contribution is -2.01. The van der Waals surface area contributed by atoms with Gasteiger partial charge in [-0.1, -0.05) is 46.3 Å². The molecular formula is C16H19BrO2. The first-order valence-electron chi connectivity index (χ1n) is 6.55. The van der Waals surface area contributed by atoms with Crippen molar-refractivity contribution >= 4 is 26.7 Å². The van der Waals surface area contributed by atoms with Crippen molar-refractivity contribution in [3.05, 3.63) is 42.0 Å². The van der Waals surface area contributed by atoms with E-state index in [0.717, 1.165) is 37.1 Å². The Labute approximate surface area is 122 Å². The molecule has 0 saturated heterocycles. The number of rotatable bonds is 7. The molecule has 0 atom stereocenters. The van der Waals surface area contributed by atoms with E-state index in [0.29, 0.717) is 0 Å². The monoisotopic (exact) mass is 322 g/mol. The fourth-order valence-corrected chi connectivity index (χ4v) is 2.70. The molecule has 0 heterocycles. The van der Waals surface area contributed by atoms with E-state index in [1.54, 1.807) is 7.11 Å². The van der Waals surface area contributed by atoms with E-state index in [1.807, 2.05) is 0 Å². The molecule has 2 aromatic carbocycles. The molecule has 0 bridgehead atoms. The molecule has 102 valence electrons. The highest BCUT2D eigenvalue weighted by molar-refractivity contribution is 9.08. The van der Waals surface area contributed by atoms with E-state index in [2.05, 4.69) is 52.3 Å². The molecule has 0 saturated carbocycles. The molecule has 2 aromatic rings. The van der Waals surface area contributed by atoms with Gasteiger partial charge in [-0.2, -0.15) is 0 Å². The number of alkyl halides is 1. The highest BCUT2D eigenvalue weighted by Crippen LogP contribution is 2.30. The molecule has 0 aliphatic rings. The van der Waals surface area contributed by atoms with Crippen molar-refractivity contribution in [2.45, 2.75) is 18.2 Å². The van der Waals surface area contributed by atoms with Crippen molar-refractivity contribution in [1.82, 2.24) is 0 Å². The number of benzene rings is 2. The molecule has 0 spiro atoms. The lowest BCUT2D eigenvalue weighted by Gasteiger charge is -2.12. The number of methoxy groups -OCH3 is 1. The highest BCUT2D eigenvalue weighted by Gasteiger charge is 2.07. The van der Waals surface area contributed by atoms with Crippen LogP contribution in [0.1, 0.15) is 18.4 Å². The second-order valence-corrected chi connectivity index (χ2v) is 5.01. The van der Waals surface area contributed by atoms with Crippen LogP contribution < -0.4 is 4.74 Å². The Hall–Kier alpha value is -1.06. The number of halogens is 1. The standard InChI is InChI=1S/C16H19BrO2/c1-18-10-4-5-11-19-16-9-8-13-6-2-3-7-14(13)15(16)12-17/h2-3,6-9H,4-5,10-12H2,1H3. The molecule has 0 aliphatic carbocycles. The fraction of sp³-hybridized carbons (Fsp3) is 0.375. The first-order chi connectivity index (χ1) is 9.36. The van der Waals surface area contributed by atoms with Crippen molar-refractivity contribution in [2.75, 3.05) is 20.3 Å². The summed E-state index contributed by atoms with van der Waals surface area (Å²) in [5, 5.41) is 3.32. The maximum absolute atomic E-state index is 5.90. The van der Waals surface area contributed by atoms with Crippen molar-refractivity contribution in [3.63, 3.8) is 0 Å². The maximum atomic E-state index is 5.90. The third-order valence-electron chi connectivity index (χ3n) is 3.13. The van der Waals surface area contributed by atoms with E-state index < -0.39 is 0 Å². The van der Waals surface area contributed by atoms with Crippen molar-refractivity contribution in [1.29, 1.82) is 0 Å². The van der Waals surface area contributed by atoms with Crippen LogP contribution in [-0.4, -0.2) is 20.3 Å². The lowest BCUT2D eigenvalue weighted by atomic mass is 10.0. The van der Waals surface area contributed by atoms with Crippen LogP contribution in [0.4, 0.5) is 0 Å². The van der Waals surface area contributed by atoms with Crippen molar-refractivity contribution in [2.24, 2.45) is 0 Å². The second kappa shape index (κ2) is 7.51. The van der Waals surface area contributed by atoms with Gasteiger partial charge >= 0.3 is 0 Å². The van der Waals surface area contributed by atoms with Gasteiger partial charge in [0, 0.05) is 24.6 Å². The molecule has 0 radical (unpaired) electrons. The van der Waals surface area contributed by atoms with Gasteiger partial charge in [0.1, 0.15) is 5.75 Å². The minimum atomic E-state index is 0.738. The van der Waals surface area contributed by atoms with E-state index in [4.69, 9.17) is 9.47 Å². The normalized spacial score (nSPS) is 10.8. The summed E-state index contributed by atoms with van der Waals surface area (Å²) in [6.45, 7) is 1.54. The van der Waals surface area contributed by atoms with Crippen LogP contribution in [0.25, 0.3) is 10.8 Å². The number of hydrogen-bond acceptors (Lipinski definition) is 2. The molecule has 0 aromatic heterocycles. The Morgan fingerprint density at radius 2 is 1.79 bits per heavy atom. The minimum Gasteiger partial charge on any atom is -0.493 e. The van der Waals surface area contributed by atoms with Crippen LogP contribution >= 0.6 is 15.9 Å². The first-order valence-corrected chi connectivity index (χ1v) is 7.67. The zero-order chi connectivity index (χ0) is 13.5. The predicted molar refractivity (Wildman–Crippen MR) is 83.2 cm³/mol. The van der Waals surface area contributed by atoms with Gasteiger partial charge in [0.15, 0.2) is 0 Å². The van der Waals surface area contributed by atoms with Crippen LogP contribution in [0.3, 0.4) is 0 Å². The molecule has 2 nitrogen and oxygen atoms in total. The van der Waals surface area contributed by atoms with Gasteiger partial charge in [-0.15, -0.1) is 0 Å². The Bertz CT molecular complexity index is 525. The number of ether oxygens (including phenoxy) is 2. The summed E-state index contributed by atoms with van der Waals surface area (Å²) >= 11 is 3.56. The summed E-state index contributed by atoms with van der Waals surface area (Å²) in [6, 6.07) is 12.6. The van der Waals surface area contributed by atoms with Gasteiger partial charge < -0.3 is 9.47 Å². The average Bonchev–Trinajstić information content (AvgIpc) is 2.46. The SMILES string of the molecule is COCCCCOc1ccc2ccccc2c1CBr. The Morgan fingerprint density at radius 3 is 2.58 bits per heavy atom. The number of unbranched alkanes of at least 4 members (excludes halogenated alkanes) is 1. The van der Waals surface area contributed by atoms with E-state index >= 15 is 0 Å². The number of hydrogen-bond donors (Lipinski definition) is 0. The fourth-order valence-electron chi connectivity index (χ4n) is 2.12. The van der Waals surface area contributed by atoms with E-state index in [9.17, 15) is 0 Å². The van der Waals surface area contributed by atoms with Crippen LogP contribution in [-0.2, 0) is 10.1 Å². The van der Waals surface area contributed by atoms with Gasteiger partial charge in [-0.3, -0.25) is 0 Å². The lowest BCUT2D eigenvalue weighted by molar-refractivity contribution is 0.184. The van der Waals surface area contributed by atoms with E-state index in [1.165, 1.54) is 16.3 Å². The molecule has 0 fully saturated rings. The summed E-state index contributed by atoms with van der Waals surface area (Å²) in [5.74, 6) is 0.980. The zero-order valence-electron chi connectivity index (χ0n) is 11.2. The largest absolute Gasteiger partial charge is 0.493 e. The van der Waals surface area contributed by atoms with Gasteiger partial charge in [0.05, 0.1) is 6.61 Å². The third-order valence-corrected chi connectivity index (χ3v) is 3.69. The van der Waals surface area contributed by atoms with E-state index in [-0.39, 0.29) is 0 Å². The quantitative estimate of drug-likeness (QED) is 0.550. The zero-order valence-corrected chi connectivity index (χ0v) is 12.8. The average molecular weight is 323 g/mol. The van der Waals surface area contributed by atoms with Gasteiger partial charge in [0.25, 0.3) is 0 Å².